The van der Waals surface area contributed by atoms with Crippen LogP contribution in [0.15, 0.2) is 36.4 Å². The van der Waals surface area contributed by atoms with Gasteiger partial charge < -0.3 is 4.79 Å². The molecule has 0 aromatic heterocycles. The van der Waals surface area contributed by atoms with Crippen molar-refractivity contribution in [1.29, 1.82) is 0 Å². The first-order chi connectivity index (χ1) is 12.6. The Bertz CT molecular complexity index is 705. The van der Waals surface area contributed by atoms with Crippen LogP contribution in [0.4, 0.5) is 0 Å². The molecule has 0 heterocycles. The number of unbranched alkanes of at least 4 members (excludes halogenated alkanes) is 7. The molecule has 0 radical (unpaired) electrons. The smallest absolute Gasteiger partial charge is 0.119 e. The summed E-state index contributed by atoms with van der Waals surface area (Å²) in [5.74, 6) is 0. The van der Waals surface area contributed by atoms with Crippen LogP contribution in [0.25, 0.3) is 11.1 Å². The van der Waals surface area contributed by atoms with Crippen LogP contribution in [-0.2, 0) is 11.2 Å². The maximum absolute atomic E-state index is 10.3. The monoisotopic (exact) mass is 370 g/mol. The third kappa shape index (κ3) is 6.29. The number of carbonyl (C=O) groups excluding carboxylic acids is 1. The summed E-state index contributed by atoms with van der Waals surface area (Å²) in [6, 6.07) is 12.7. The largest absolute Gasteiger partial charge is 0.303 e. The molecule has 0 aliphatic carbocycles. The first kappa shape index (κ1) is 20.7. The lowest BCUT2D eigenvalue weighted by Gasteiger charge is -2.16. The lowest BCUT2D eigenvalue weighted by Crippen LogP contribution is -1.96. The molecule has 2 rings (SSSR count). The van der Waals surface area contributed by atoms with Crippen molar-refractivity contribution in [3.05, 3.63) is 58.1 Å². The predicted molar refractivity (Wildman–Crippen MR) is 113 cm³/mol. The average Bonchev–Trinajstić information content (AvgIpc) is 2.63. The zero-order valence-electron chi connectivity index (χ0n) is 16.2. The minimum Gasteiger partial charge on any atom is -0.303 e. The van der Waals surface area contributed by atoms with E-state index in [0.717, 1.165) is 30.6 Å². The molecule has 0 N–H and O–H groups in total. The SMILES string of the molecule is Cc1ccc(CCCCCCCCCC=O)c(-c2cccc(Cl)c2)c1C. The Balaban J connectivity index is 1.91. The second kappa shape index (κ2) is 11.2. The normalized spacial score (nSPS) is 10.9. The van der Waals surface area contributed by atoms with Gasteiger partial charge in [0, 0.05) is 11.4 Å². The van der Waals surface area contributed by atoms with Crippen LogP contribution in [0.1, 0.15) is 68.1 Å². The number of aldehydes is 1. The number of halogens is 1. The molecule has 0 atom stereocenters. The highest BCUT2D eigenvalue weighted by Gasteiger charge is 2.10. The fourth-order valence-electron chi connectivity index (χ4n) is 3.55. The Morgan fingerprint density at radius 1 is 0.885 bits per heavy atom. The predicted octanol–water partition coefficient (Wildman–Crippen LogP) is 7.49. The van der Waals surface area contributed by atoms with Crippen molar-refractivity contribution < 1.29 is 4.79 Å². The minimum absolute atomic E-state index is 0.721. The van der Waals surface area contributed by atoms with Gasteiger partial charge in [0.2, 0.25) is 0 Å². The Kier molecular flexibility index (Phi) is 8.91. The van der Waals surface area contributed by atoms with Gasteiger partial charge in [0.15, 0.2) is 0 Å². The molecule has 0 saturated carbocycles. The average molecular weight is 371 g/mol. The molecule has 2 aromatic carbocycles. The van der Waals surface area contributed by atoms with E-state index in [-0.39, 0.29) is 0 Å². The van der Waals surface area contributed by atoms with E-state index in [1.807, 2.05) is 12.1 Å². The summed E-state index contributed by atoms with van der Waals surface area (Å²) in [4.78, 5) is 10.3. The third-order valence-electron chi connectivity index (χ3n) is 5.20. The van der Waals surface area contributed by atoms with Gasteiger partial charge in [0.05, 0.1) is 0 Å². The van der Waals surface area contributed by atoms with Crippen molar-refractivity contribution in [3.8, 4) is 11.1 Å². The van der Waals surface area contributed by atoms with Crippen LogP contribution in [0.5, 0.6) is 0 Å². The van der Waals surface area contributed by atoms with Crippen molar-refractivity contribution in [1.82, 2.24) is 0 Å². The maximum atomic E-state index is 10.3. The molecular weight excluding hydrogens is 340 g/mol. The van der Waals surface area contributed by atoms with E-state index in [2.05, 4.69) is 38.1 Å². The van der Waals surface area contributed by atoms with Crippen molar-refractivity contribution >= 4 is 17.9 Å². The first-order valence-electron chi connectivity index (χ1n) is 9.92. The van der Waals surface area contributed by atoms with Gasteiger partial charge in [-0.15, -0.1) is 0 Å². The van der Waals surface area contributed by atoms with Crippen LogP contribution in [-0.4, -0.2) is 6.29 Å². The van der Waals surface area contributed by atoms with E-state index in [4.69, 9.17) is 11.6 Å². The number of carbonyl (C=O) groups is 1. The van der Waals surface area contributed by atoms with E-state index >= 15 is 0 Å². The van der Waals surface area contributed by atoms with Crippen molar-refractivity contribution in [3.63, 3.8) is 0 Å². The molecule has 2 aromatic rings. The summed E-state index contributed by atoms with van der Waals surface area (Å²) in [5, 5.41) is 0.795. The van der Waals surface area contributed by atoms with Crippen molar-refractivity contribution in [2.75, 3.05) is 0 Å². The number of benzene rings is 2. The zero-order valence-corrected chi connectivity index (χ0v) is 16.9. The van der Waals surface area contributed by atoms with Gasteiger partial charge in [-0.25, -0.2) is 0 Å². The second-order valence-corrected chi connectivity index (χ2v) is 7.67. The number of hydrogen-bond acceptors (Lipinski definition) is 1. The molecule has 0 spiro atoms. The minimum atomic E-state index is 0.721. The Morgan fingerprint density at radius 2 is 1.58 bits per heavy atom. The fourth-order valence-corrected chi connectivity index (χ4v) is 3.74. The van der Waals surface area contributed by atoms with E-state index in [9.17, 15) is 4.79 Å². The molecule has 140 valence electrons. The molecule has 26 heavy (non-hydrogen) atoms. The molecule has 0 fully saturated rings. The van der Waals surface area contributed by atoms with E-state index in [0.29, 0.717) is 0 Å². The summed E-state index contributed by atoms with van der Waals surface area (Å²) in [7, 11) is 0. The topological polar surface area (TPSA) is 17.1 Å². The molecule has 0 amide bonds. The molecule has 0 aliphatic rings. The molecule has 0 aliphatic heterocycles. The van der Waals surface area contributed by atoms with Gasteiger partial charge in [-0.2, -0.15) is 0 Å². The molecule has 0 saturated heterocycles. The van der Waals surface area contributed by atoms with Gasteiger partial charge in [-0.05, 0) is 73.1 Å². The Morgan fingerprint density at radius 3 is 2.27 bits per heavy atom. The van der Waals surface area contributed by atoms with Crippen LogP contribution in [0.2, 0.25) is 5.02 Å². The summed E-state index contributed by atoms with van der Waals surface area (Å²) >= 11 is 6.23. The molecule has 1 nitrogen and oxygen atoms in total. The lowest BCUT2D eigenvalue weighted by molar-refractivity contribution is -0.107. The molecule has 0 bridgehead atoms. The summed E-state index contributed by atoms with van der Waals surface area (Å²) in [6.07, 6.45) is 11.4. The van der Waals surface area contributed by atoms with Gasteiger partial charge in [-0.1, -0.05) is 68.0 Å². The number of hydrogen-bond donors (Lipinski definition) is 0. The van der Waals surface area contributed by atoms with Crippen LogP contribution in [0, 0.1) is 13.8 Å². The van der Waals surface area contributed by atoms with Crippen molar-refractivity contribution in [2.24, 2.45) is 0 Å². The van der Waals surface area contributed by atoms with E-state index in [1.54, 1.807) is 0 Å². The lowest BCUT2D eigenvalue weighted by atomic mass is 9.89. The Hall–Kier alpha value is -1.60. The van der Waals surface area contributed by atoms with E-state index in [1.165, 1.54) is 66.3 Å². The van der Waals surface area contributed by atoms with Crippen molar-refractivity contribution in [2.45, 2.75) is 71.6 Å². The zero-order chi connectivity index (χ0) is 18.8. The maximum Gasteiger partial charge on any atom is 0.119 e. The quantitative estimate of drug-likeness (QED) is 0.296. The molecule has 0 unspecified atom stereocenters. The second-order valence-electron chi connectivity index (χ2n) is 7.23. The number of aryl methyl sites for hydroxylation is 2. The molecular formula is C24H31ClO. The van der Waals surface area contributed by atoms with Gasteiger partial charge in [-0.3, -0.25) is 0 Å². The van der Waals surface area contributed by atoms with Gasteiger partial charge in [0.25, 0.3) is 0 Å². The van der Waals surface area contributed by atoms with Gasteiger partial charge in [0.1, 0.15) is 6.29 Å². The first-order valence-corrected chi connectivity index (χ1v) is 10.3. The van der Waals surface area contributed by atoms with Crippen LogP contribution >= 0.6 is 11.6 Å². The fraction of sp³-hybridized carbons (Fsp3) is 0.458. The highest BCUT2D eigenvalue weighted by Crippen LogP contribution is 2.32. The van der Waals surface area contributed by atoms with Gasteiger partial charge >= 0.3 is 0 Å². The molecule has 2 heteroatoms. The summed E-state index contributed by atoms with van der Waals surface area (Å²) in [6.45, 7) is 4.40. The van der Waals surface area contributed by atoms with Crippen LogP contribution < -0.4 is 0 Å². The summed E-state index contributed by atoms with van der Waals surface area (Å²) in [5.41, 5.74) is 6.71. The highest BCUT2D eigenvalue weighted by atomic mass is 35.5. The van der Waals surface area contributed by atoms with E-state index < -0.39 is 0 Å². The highest BCUT2D eigenvalue weighted by molar-refractivity contribution is 6.30. The van der Waals surface area contributed by atoms with Crippen LogP contribution in [0.3, 0.4) is 0 Å². The number of rotatable bonds is 11. The third-order valence-corrected chi connectivity index (χ3v) is 5.44. The standard InChI is InChI=1S/C24H31ClO/c1-19-15-16-21(12-9-7-5-3-4-6-8-10-17-26)24(20(19)2)22-13-11-14-23(25)18-22/h11,13-18H,3-10,12H2,1-2H3. The Labute approximate surface area is 163 Å². The summed E-state index contributed by atoms with van der Waals surface area (Å²) < 4.78 is 0.